The lowest BCUT2D eigenvalue weighted by atomic mass is 9.98. The molecule has 1 atom stereocenters. The van der Waals surface area contributed by atoms with Gasteiger partial charge in [0.05, 0.1) is 22.7 Å². The average molecular weight is 435 g/mol. The number of rotatable bonds is 6. The summed E-state index contributed by atoms with van der Waals surface area (Å²) in [4.78, 5) is 29.6. The Labute approximate surface area is 164 Å². The highest BCUT2D eigenvalue weighted by Gasteiger charge is 2.42. The summed E-state index contributed by atoms with van der Waals surface area (Å²) < 4.78 is 2.39. The summed E-state index contributed by atoms with van der Waals surface area (Å²) in [5.41, 5.74) is -0.335. The number of carbonyl (C=O) groups excluding carboxylic acids is 1. The van der Waals surface area contributed by atoms with Crippen LogP contribution < -0.4 is 10.9 Å². The normalized spacial score (nSPS) is 16.1. The molecule has 1 aliphatic rings. The predicted octanol–water partition coefficient (Wildman–Crippen LogP) is 3.08. The molecule has 0 aliphatic heterocycles. The monoisotopic (exact) mass is 434 g/mol. The number of benzene rings is 1. The Balaban J connectivity index is 1.80. The Hall–Kier alpha value is -1.85. The number of thioether (sulfide) groups is 1. The zero-order valence-corrected chi connectivity index (χ0v) is 17.0. The molecule has 3 rings (SSSR count). The fourth-order valence-corrected chi connectivity index (χ4v) is 4.12. The number of halogens is 1. The van der Waals surface area contributed by atoms with E-state index < -0.39 is 5.54 Å². The fourth-order valence-electron chi connectivity index (χ4n) is 2.90. The van der Waals surface area contributed by atoms with Gasteiger partial charge < -0.3 is 5.32 Å². The zero-order chi connectivity index (χ0) is 18.9. The van der Waals surface area contributed by atoms with Crippen LogP contribution in [0.3, 0.4) is 0 Å². The largest absolute Gasteiger partial charge is 0.337 e. The third-order valence-corrected chi connectivity index (χ3v) is 6.02. The first-order valence-corrected chi connectivity index (χ1v) is 10.2. The van der Waals surface area contributed by atoms with E-state index in [0.29, 0.717) is 22.6 Å². The molecule has 1 fully saturated rings. The summed E-state index contributed by atoms with van der Waals surface area (Å²) in [5.74, 6) is 0.115. The molecular formula is C18H19BrN4O2S. The molecule has 0 spiro atoms. The lowest BCUT2D eigenvalue weighted by molar-refractivity contribution is -0.119. The van der Waals surface area contributed by atoms with E-state index in [2.05, 4.69) is 32.3 Å². The molecule has 2 aromatic rings. The highest BCUT2D eigenvalue weighted by Crippen LogP contribution is 2.39. The maximum Gasteiger partial charge on any atom is 0.262 e. The number of nitrogens with one attached hydrogen (secondary N) is 1. The average Bonchev–Trinajstić information content (AvgIpc) is 3.46. The van der Waals surface area contributed by atoms with Crippen molar-refractivity contribution < 1.29 is 4.79 Å². The van der Waals surface area contributed by atoms with Gasteiger partial charge in [-0.05, 0) is 50.8 Å². The number of carbonyl (C=O) groups is 1. The van der Waals surface area contributed by atoms with E-state index in [1.165, 1.54) is 11.8 Å². The number of amides is 1. The van der Waals surface area contributed by atoms with E-state index in [9.17, 15) is 14.9 Å². The molecule has 136 valence electrons. The van der Waals surface area contributed by atoms with Crippen LogP contribution in [0, 0.1) is 17.2 Å². The number of aromatic nitrogens is 2. The molecule has 26 heavy (non-hydrogen) atoms. The standard InChI is InChI=1S/C18H19BrN4O2S/c1-3-23-16(25)13-8-12(19)6-7-14(13)21-17(23)26-9-15(24)22-18(2,10-20)11-4-5-11/h6-8,11H,3-5,9H2,1-2H3,(H,22,24). The first-order valence-electron chi connectivity index (χ1n) is 8.43. The van der Waals surface area contributed by atoms with Crippen LogP contribution >= 0.6 is 27.7 Å². The van der Waals surface area contributed by atoms with Gasteiger partial charge in [0.1, 0.15) is 5.54 Å². The number of nitrogens with zero attached hydrogens (tertiary/aromatic N) is 3. The molecule has 1 aromatic carbocycles. The van der Waals surface area contributed by atoms with Crippen molar-refractivity contribution in [3.63, 3.8) is 0 Å². The van der Waals surface area contributed by atoms with Crippen LogP contribution in [-0.2, 0) is 11.3 Å². The summed E-state index contributed by atoms with van der Waals surface area (Å²) in [7, 11) is 0. The van der Waals surface area contributed by atoms with Gasteiger partial charge in [-0.25, -0.2) is 4.98 Å². The van der Waals surface area contributed by atoms with E-state index in [-0.39, 0.29) is 23.1 Å². The van der Waals surface area contributed by atoms with E-state index in [0.717, 1.165) is 17.3 Å². The summed E-state index contributed by atoms with van der Waals surface area (Å²) in [6.45, 7) is 4.11. The van der Waals surface area contributed by atoms with E-state index in [4.69, 9.17) is 0 Å². The molecule has 0 bridgehead atoms. The second kappa shape index (κ2) is 7.41. The van der Waals surface area contributed by atoms with Gasteiger partial charge in [0.2, 0.25) is 5.91 Å². The van der Waals surface area contributed by atoms with Gasteiger partial charge >= 0.3 is 0 Å². The number of fused-ring (bicyclic) bond motifs is 1. The predicted molar refractivity (Wildman–Crippen MR) is 105 cm³/mol. The Morgan fingerprint density at radius 1 is 1.54 bits per heavy atom. The van der Waals surface area contributed by atoms with Crippen LogP contribution in [-0.4, -0.2) is 26.8 Å². The van der Waals surface area contributed by atoms with Crippen molar-refractivity contribution in [3.05, 3.63) is 33.0 Å². The van der Waals surface area contributed by atoms with Gasteiger partial charge in [-0.2, -0.15) is 5.26 Å². The van der Waals surface area contributed by atoms with Gasteiger partial charge in [-0.3, -0.25) is 14.2 Å². The molecule has 1 aliphatic carbocycles. The number of hydrogen-bond donors (Lipinski definition) is 1. The topological polar surface area (TPSA) is 87.8 Å². The molecule has 1 saturated carbocycles. The molecule has 6 nitrogen and oxygen atoms in total. The maximum atomic E-state index is 12.7. The minimum absolute atomic E-state index is 0.110. The first kappa shape index (κ1) is 18.9. The highest BCUT2D eigenvalue weighted by molar-refractivity contribution is 9.10. The van der Waals surface area contributed by atoms with Crippen LogP contribution in [0.25, 0.3) is 10.9 Å². The summed E-state index contributed by atoms with van der Waals surface area (Å²) in [6, 6.07) is 7.59. The van der Waals surface area contributed by atoms with Gasteiger partial charge in [-0.15, -0.1) is 0 Å². The summed E-state index contributed by atoms with van der Waals surface area (Å²) in [6.07, 6.45) is 1.93. The summed E-state index contributed by atoms with van der Waals surface area (Å²) >= 11 is 4.59. The number of nitriles is 1. The zero-order valence-electron chi connectivity index (χ0n) is 14.6. The smallest absolute Gasteiger partial charge is 0.262 e. The Kier molecular flexibility index (Phi) is 5.39. The molecule has 0 radical (unpaired) electrons. The van der Waals surface area contributed by atoms with Crippen molar-refractivity contribution in [1.29, 1.82) is 5.26 Å². The lowest BCUT2D eigenvalue weighted by Crippen LogP contribution is -2.47. The van der Waals surface area contributed by atoms with Crippen molar-refractivity contribution in [3.8, 4) is 6.07 Å². The third-order valence-electron chi connectivity index (χ3n) is 4.55. The fraction of sp³-hybridized carbons (Fsp3) is 0.444. The summed E-state index contributed by atoms with van der Waals surface area (Å²) in [5, 5.41) is 13.2. The molecule has 1 amide bonds. The van der Waals surface area contributed by atoms with Crippen molar-refractivity contribution in [2.45, 2.75) is 43.9 Å². The molecule has 1 heterocycles. The van der Waals surface area contributed by atoms with Crippen LogP contribution in [0.1, 0.15) is 26.7 Å². The second-order valence-electron chi connectivity index (χ2n) is 6.53. The maximum absolute atomic E-state index is 12.7. The van der Waals surface area contributed by atoms with E-state index >= 15 is 0 Å². The van der Waals surface area contributed by atoms with Crippen molar-refractivity contribution in [1.82, 2.24) is 14.9 Å². The lowest BCUT2D eigenvalue weighted by Gasteiger charge is -2.22. The Morgan fingerprint density at radius 3 is 2.88 bits per heavy atom. The van der Waals surface area contributed by atoms with Crippen LogP contribution in [0.5, 0.6) is 0 Å². The van der Waals surface area contributed by atoms with Gasteiger partial charge in [0, 0.05) is 11.0 Å². The van der Waals surface area contributed by atoms with Gasteiger partial charge in [-0.1, -0.05) is 27.7 Å². The molecule has 0 saturated heterocycles. The van der Waals surface area contributed by atoms with Crippen LogP contribution in [0.15, 0.2) is 32.6 Å². The SMILES string of the molecule is CCn1c(SCC(=O)NC(C)(C#N)C2CC2)nc2ccc(Br)cc2c1=O. The Morgan fingerprint density at radius 2 is 2.27 bits per heavy atom. The molecule has 1 N–H and O–H groups in total. The molecule has 1 unspecified atom stereocenters. The quantitative estimate of drug-likeness (QED) is 0.557. The highest BCUT2D eigenvalue weighted by atomic mass is 79.9. The van der Waals surface area contributed by atoms with Crippen LogP contribution in [0.2, 0.25) is 0 Å². The minimum atomic E-state index is -0.814. The first-order chi connectivity index (χ1) is 12.4. The van der Waals surface area contributed by atoms with Crippen LogP contribution in [0.4, 0.5) is 0 Å². The molecule has 8 heteroatoms. The second-order valence-corrected chi connectivity index (χ2v) is 8.39. The number of hydrogen-bond acceptors (Lipinski definition) is 5. The van der Waals surface area contributed by atoms with Crippen molar-refractivity contribution in [2.24, 2.45) is 5.92 Å². The Bertz CT molecular complexity index is 964. The van der Waals surface area contributed by atoms with Gasteiger partial charge in [0.25, 0.3) is 5.56 Å². The van der Waals surface area contributed by atoms with Crippen molar-refractivity contribution in [2.75, 3.05) is 5.75 Å². The van der Waals surface area contributed by atoms with Crippen molar-refractivity contribution >= 4 is 44.5 Å². The minimum Gasteiger partial charge on any atom is -0.337 e. The molecule has 1 aromatic heterocycles. The third kappa shape index (κ3) is 3.79. The molecular weight excluding hydrogens is 416 g/mol. The van der Waals surface area contributed by atoms with E-state index in [1.807, 2.05) is 13.0 Å². The van der Waals surface area contributed by atoms with Gasteiger partial charge in [0.15, 0.2) is 5.16 Å². The van der Waals surface area contributed by atoms with E-state index in [1.54, 1.807) is 23.6 Å².